The van der Waals surface area contributed by atoms with Crippen LogP contribution in [0.2, 0.25) is 0 Å². The van der Waals surface area contributed by atoms with Crippen LogP contribution in [0.15, 0.2) is 42.5 Å². The maximum Gasteiger partial charge on any atom is 0.217 e. The molecule has 2 aliphatic rings. The number of fused-ring (bicyclic) bond motifs is 1. The van der Waals surface area contributed by atoms with Crippen molar-refractivity contribution in [3.05, 3.63) is 65.0 Å². The third kappa shape index (κ3) is 4.22. The smallest absolute Gasteiger partial charge is 0.217 e. The third-order valence-electron chi connectivity index (χ3n) is 6.94. The number of anilines is 1. The fraction of sp³-hybridized carbons (Fsp3) is 0.480. The highest BCUT2D eigenvalue weighted by molar-refractivity contribution is 5.74. The summed E-state index contributed by atoms with van der Waals surface area (Å²) in [5.74, 6) is -0.289. The Balaban J connectivity index is 1.45. The van der Waals surface area contributed by atoms with E-state index >= 15 is 0 Å². The largest absolute Gasteiger partial charge is 0.372 e. The molecule has 2 aromatic carbocycles. The Labute approximate surface area is 179 Å². The summed E-state index contributed by atoms with van der Waals surface area (Å²) in [7, 11) is 2.18. The molecule has 0 aromatic heterocycles. The fourth-order valence-corrected chi connectivity index (χ4v) is 5.02. The molecule has 2 aliphatic heterocycles. The summed E-state index contributed by atoms with van der Waals surface area (Å²) in [6, 6.07) is 14.1. The molecule has 0 aliphatic carbocycles. The minimum atomic E-state index is -0.412. The number of hydrogen-bond donors (Lipinski definition) is 1. The van der Waals surface area contributed by atoms with Crippen LogP contribution < -0.4 is 10.2 Å². The molecule has 2 aromatic rings. The van der Waals surface area contributed by atoms with Crippen LogP contribution in [0.3, 0.4) is 0 Å². The van der Waals surface area contributed by atoms with Gasteiger partial charge in [-0.3, -0.25) is 9.69 Å². The number of amides is 1. The molecule has 1 fully saturated rings. The van der Waals surface area contributed by atoms with Gasteiger partial charge in [-0.05, 0) is 67.5 Å². The van der Waals surface area contributed by atoms with E-state index in [1.165, 1.54) is 35.4 Å². The average molecular weight is 410 g/mol. The van der Waals surface area contributed by atoms with Gasteiger partial charge in [-0.1, -0.05) is 24.3 Å². The Morgan fingerprint density at radius 1 is 1.17 bits per heavy atom. The lowest BCUT2D eigenvalue weighted by Crippen LogP contribution is -2.52. The fourth-order valence-electron chi connectivity index (χ4n) is 5.02. The van der Waals surface area contributed by atoms with Gasteiger partial charge in [-0.2, -0.15) is 0 Å². The Morgan fingerprint density at radius 3 is 2.53 bits per heavy atom. The van der Waals surface area contributed by atoms with Crippen molar-refractivity contribution in [2.75, 3.05) is 25.0 Å². The number of piperidine rings is 1. The first-order chi connectivity index (χ1) is 14.4. The maximum absolute atomic E-state index is 13.4. The van der Waals surface area contributed by atoms with Crippen LogP contribution in [-0.2, 0) is 23.3 Å². The highest BCUT2D eigenvalue weighted by Crippen LogP contribution is 2.35. The highest BCUT2D eigenvalue weighted by atomic mass is 19.1. The number of nitrogens with zero attached hydrogens (tertiary/aromatic N) is 2. The predicted octanol–water partition coefficient (Wildman–Crippen LogP) is 4.22. The molecule has 1 unspecified atom stereocenters. The van der Waals surface area contributed by atoms with E-state index in [-0.39, 0.29) is 11.7 Å². The van der Waals surface area contributed by atoms with Crippen molar-refractivity contribution in [1.82, 2.24) is 10.2 Å². The molecule has 0 bridgehead atoms. The van der Waals surface area contributed by atoms with E-state index in [4.69, 9.17) is 0 Å². The van der Waals surface area contributed by atoms with Gasteiger partial charge in [0.25, 0.3) is 0 Å². The van der Waals surface area contributed by atoms with E-state index < -0.39 is 5.54 Å². The number of rotatable bonds is 4. The van der Waals surface area contributed by atoms with Crippen LogP contribution in [0.4, 0.5) is 10.1 Å². The molecule has 4 nitrogen and oxygen atoms in total. The van der Waals surface area contributed by atoms with E-state index in [1.807, 2.05) is 12.1 Å². The van der Waals surface area contributed by atoms with Gasteiger partial charge >= 0.3 is 0 Å². The van der Waals surface area contributed by atoms with Gasteiger partial charge in [0.15, 0.2) is 0 Å². The zero-order valence-corrected chi connectivity index (χ0v) is 18.2. The van der Waals surface area contributed by atoms with E-state index in [0.717, 1.165) is 44.5 Å². The van der Waals surface area contributed by atoms with Crippen LogP contribution in [0, 0.1) is 5.82 Å². The molecule has 1 atom stereocenters. The number of carbonyl (C=O) groups excluding carboxylic acids is 1. The van der Waals surface area contributed by atoms with E-state index in [9.17, 15) is 9.18 Å². The van der Waals surface area contributed by atoms with E-state index in [2.05, 4.69) is 47.3 Å². The van der Waals surface area contributed by atoms with Crippen LogP contribution in [0.5, 0.6) is 0 Å². The number of benzene rings is 2. The first-order valence-electron chi connectivity index (χ1n) is 11.0. The number of halogens is 1. The standard InChI is InChI=1S/C25H32FN3O/c1-18-4-6-21-16-20(5-11-24(21)28(18)3)17-29-14-12-25(13-15-29,27-19(2)30)22-7-9-23(26)10-8-22/h5,7-11,16,18H,4,6,12-15,17H2,1-3H3,(H,27,30). The van der Waals surface area contributed by atoms with E-state index in [0.29, 0.717) is 6.04 Å². The van der Waals surface area contributed by atoms with Gasteiger partial charge < -0.3 is 10.2 Å². The summed E-state index contributed by atoms with van der Waals surface area (Å²) >= 11 is 0. The zero-order valence-electron chi connectivity index (χ0n) is 18.2. The molecule has 1 N–H and O–H groups in total. The monoisotopic (exact) mass is 409 g/mol. The predicted molar refractivity (Wildman–Crippen MR) is 119 cm³/mol. The van der Waals surface area contributed by atoms with Crippen molar-refractivity contribution < 1.29 is 9.18 Å². The van der Waals surface area contributed by atoms with Crippen LogP contribution in [-0.4, -0.2) is 37.0 Å². The maximum atomic E-state index is 13.4. The Morgan fingerprint density at radius 2 is 1.87 bits per heavy atom. The van der Waals surface area contributed by atoms with Crippen LogP contribution in [0.1, 0.15) is 49.8 Å². The van der Waals surface area contributed by atoms with Crippen molar-refractivity contribution >= 4 is 11.6 Å². The minimum Gasteiger partial charge on any atom is -0.372 e. The summed E-state index contributed by atoms with van der Waals surface area (Å²) < 4.78 is 13.4. The first kappa shape index (κ1) is 20.9. The van der Waals surface area contributed by atoms with Gasteiger partial charge in [0.2, 0.25) is 5.91 Å². The molecule has 1 saturated heterocycles. The Bertz CT molecular complexity index is 903. The first-order valence-corrected chi connectivity index (χ1v) is 11.0. The summed E-state index contributed by atoms with van der Waals surface area (Å²) in [5, 5.41) is 3.17. The molecule has 0 radical (unpaired) electrons. The zero-order chi connectivity index (χ0) is 21.3. The summed E-state index contributed by atoms with van der Waals surface area (Å²) in [6.07, 6.45) is 3.99. The lowest BCUT2D eigenvalue weighted by molar-refractivity contribution is -0.121. The number of hydrogen-bond acceptors (Lipinski definition) is 3. The van der Waals surface area contributed by atoms with Crippen molar-refractivity contribution in [3.8, 4) is 0 Å². The number of nitrogens with one attached hydrogen (secondary N) is 1. The summed E-state index contributed by atoms with van der Waals surface area (Å²) in [6.45, 7) is 6.55. The Hall–Kier alpha value is -2.40. The van der Waals surface area contributed by atoms with Crippen molar-refractivity contribution in [2.45, 2.75) is 57.7 Å². The second-order valence-electron chi connectivity index (χ2n) is 9.01. The van der Waals surface area contributed by atoms with Gasteiger partial charge in [0, 0.05) is 45.3 Å². The molecule has 0 spiro atoms. The molecule has 1 amide bonds. The minimum absolute atomic E-state index is 0.0409. The average Bonchev–Trinajstić information content (AvgIpc) is 2.72. The van der Waals surface area contributed by atoms with Gasteiger partial charge in [0.1, 0.15) is 5.82 Å². The summed E-state index contributed by atoms with van der Waals surface area (Å²) in [5.41, 5.74) is 4.74. The molecule has 5 heteroatoms. The molecule has 0 saturated carbocycles. The quantitative estimate of drug-likeness (QED) is 0.821. The second-order valence-corrected chi connectivity index (χ2v) is 9.01. The van der Waals surface area contributed by atoms with Gasteiger partial charge in [-0.25, -0.2) is 4.39 Å². The number of likely N-dealkylation sites (tertiary alicyclic amines) is 1. The van der Waals surface area contributed by atoms with E-state index in [1.54, 1.807) is 6.92 Å². The molecular formula is C25H32FN3O. The second kappa shape index (κ2) is 8.38. The van der Waals surface area contributed by atoms with Crippen LogP contribution >= 0.6 is 0 Å². The van der Waals surface area contributed by atoms with Crippen molar-refractivity contribution in [1.29, 1.82) is 0 Å². The number of carbonyl (C=O) groups is 1. The lowest BCUT2D eigenvalue weighted by Gasteiger charge is -2.43. The van der Waals surface area contributed by atoms with Gasteiger partial charge in [0.05, 0.1) is 5.54 Å². The molecule has 2 heterocycles. The van der Waals surface area contributed by atoms with Gasteiger partial charge in [-0.15, -0.1) is 0 Å². The molecule has 4 rings (SSSR count). The molecule has 160 valence electrons. The summed E-state index contributed by atoms with van der Waals surface area (Å²) in [4.78, 5) is 16.8. The van der Waals surface area contributed by atoms with Crippen molar-refractivity contribution in [3.63, 3.8) is 0 Å². The molecule has 30 heavy (non-hydrogen) atoms. The normalized spacial score (nSPS) is 21.2. The van der Waals surface area contributed by atoms with Crippen LogP contribution in [0.25, 0.3) is 0 Å². The molecular weight excluding hydrogens is 377 g/mol. The van der Waals surface area contributed by atoms with Crippen molar-refractivity contribution in [2.24, 2.45) is 0 Å². The lowest BCUT2D eigenvalue weighted by atomic mass is 9.80. The third-order valence-corrected chi connectivity index (χ3v) is 6.94. The SMILES string of the molecule is CC(=O)NC1(c2ccc(F)cc2)CCN(Cc2ccc3c(c2)CCC(C)N3C)CC1. The highest BCUT2D eigenvalue weighted by Gasteiger charge is 2.37. The topological polar surface area (TPSA) is 35.6 Å². The number of aryl methyl sites for hydroxylation is 1. The Kier molecular flexibility index (Phi) is 5.83.